The molecule has 132 valence electrons. The van der Waals surface area contributed by atoms with Gasteiger partial charge in [0.1, 0.15) is 0 Å². The van der Waals surface area contributed by atoms with E-state index in [-0.39, 0.29) is 5.91 Å². The van der Waals surface area contributed by atoms with Gasteiger partial charge in [0.25, 0.3) is 0 Å². The molecule has 0 atom stereocenters. The summed E-state index contributed by atoms with van der Waals surface area (Å²) in [6.45, 7) is 4.40. The average Bonchev–Trinajstić information content (AvgIpc) is 2.93. The highest BCUT2D eigenvalue weighted by molar-refractivity contribution is 6.30. The molecule has 3 aromatic rings. The Bertz CT molecular complexity index is 945. The average molecular weight is 366 g/mol. The van der Waals surface area contributed by atoms with Crippen LogP contribution < -0.4 is 5.32 Å². The van der Waals surface area contributed by atoms with E-state index in [1.54, 1.807) is 12.1 Å². The van der Waals surface area contributed by atoms with Gasteiger partial charge in [0.15, 0.2) is 0 Å². The number of carbonyl (C=O) groups is 1. The number of halogens is 1. The first-order chi connectivity index (χ1) is 12.5. The Balaban J connectivity index is 1.68. The molecule has 0 spiro atoms. The number of hydrogen-bond acceptors (Lipinski definition) is 2. The molecule has 0 aliphatic heterocycles. The largest absolute Gasteiger partial charge is 0.348 e. The minimum absolute atomic E-state index is 0.156. The minimum atomic E-state index is -0.156. The quantitative estimate of drug-likeness (QED) is 0.678. The zero-order valence-corrected chi connectivity index (χ0v) is 15.5. The first-order valence-corrected chi connectivity index (χ1v) is 8.74. The maximum absolute atomic E-state index is 12.1. The topological polar surface area (TPSA) is 46.9 Å². The van der Waals surface area contributed by atoms with E-state index in [0.29, 0.717) is 11.6 Å². The van der Waals surface area contributed by atoms with Crippen LogP contribution >= 0.6 is 11.6 Å². The zero-order valence-electron chi connectivity index (χ0n) is 14.7. The summed E-state index contributed by atoms with van der Waals surface area (Å²) < 4.78 is 1.90. The van der Waals surface area contributed by atoms with E-state index in [9.17, 15) is 4.79 Å². The van der Waals surface area contributed by atoms with Gasteiger partial charge >= 0.3 is 0 Å². The molecule has 0 saturated carbocycles. The molecule has 0 fully saturated rings. The molecule has 0 unspecified atom stereocenters. The Morgan fingerprint density at radius 2 is 1.92 bits per heavy atom. The standard InChI is InChI=1S/C21H20ClN3O/c1-15-20(16(2)25(24-15)19-9-4-3-5-10-19)14-23-21(26)12-11-17-7-6-8-18(22)13-17/h3-13H,14H2,1-2H3,(H,23,26)/b12-11+. The van der Waals surface area contributed by atoms with Gasteiger partial charge in [0.05, 0.1) is 11.4 Å². The maximum Gasteiger partial charge on any atom is 0.244 e. The van der Waals surface area contributed by atoms with Crippen molar-refractivity contribution in [2.24, 2.45) is 0 Å². The lowest BCUT2D eigenvalue weighted by Crippen LogP contribution is -2.21. The summed E-state index contributed by atoms with van der Waals surface area (Å²) in [5.41, 5.74) is 4.85. The summed E-state index contributed by atoms with van der Waals surface area (Å²) in [7, 11) is 0. The second-order valence-electron chi connectivity index (χ2n) is 6.00. The molecular weight excluding hydrogens is 346 g/mol. The van der Waals surface area contributed by atoms with E-state index in [2.05, 4.69) is 10.4 Å². The Morgan fingerprint density at radius 3 is 2.65 bits per heavy atom. The van der Waals surface area contributed by atoms with Crippen molar-refractivity contribution >= 4 is 23.6 Å². The Labute approximate surface area is 158 Å². The number of aryl methyl sites for hydroxylation is 1. The first-order valence-electron chi connectivity index (χ1n) is 8.36. The van der Waals surface area contributed by atoms with E-state index in [0.717, 1.165) is 28.2 Å². The van der Waals surface area contributed by atoms with Crippen LogP contribution in [-0.4, -0.2) is 15.7 Å². The number of carbonyl (C=O) groups excluding carboxylic acids is 1. The molecule has 1 amide bonds. The molecule has 0 radical (unpaired) electrons. The van der Waals surface area contributed by atoms with Gasteiger partial charge in [-0.2, -0.15) is 5.10 Å². The molecule has 1 N–H and O–H groups in total. The van der Waals surface area contributed by atoms with E-state index >= 15 is 0 Å². The van der Waals surface area contributed by atoms with Gasteiger partial charge in [-0.3, -0.25) is 4.79 Å². The summed E-state index contributed by atoms with van der Waals surface area (Å²) in [5, 5.41) is 8.16. The molecular formula is C21H20ClN3O. The van der Waals surface area contributed by atoms with Gasteiger partial charge in [-0.15, -0.1) is 0 Å². The van der Waals surface area contributed by atoms with Crippen molar-refractivity contribution in [2.45, 2.75) is 20.4 Å². The maximum atomic E-state index is 12.1. The third-order valence-corrected chi connectivity index (χ3v) is 4.39. The van der Waals surface area contributed by atoms with Crippen molar-refractivity contribution in [1.82, 2.24) is 15.1 Å². The number of hydrogen-bond donors (Lipinski definition) is 1. The highest BCUT2D eigenvalue weighted by Gasteiger charge is 2.12. The van der Waals surface area contributed by atoms with E-state index in [4.69, 9.17) is 11.6 Å². The summed E-state index contributed by atoms with van der Waals surface area (Å²) in [5.74, 6) is -0.156. The lowest BCUT2D eigenvalue weighted by atomic mass is 10.2. The van der Waals surface area contributed by atoms with Crippen molar-refractivity contribution in [3.05, 3.63) is 88.2 Å². The van der Waals surface area contributed by atoms with Crippen LogP contribution in [0.1, 0.15) is 22.5 Å². The third-order valence-electron chi connectivity index (χ3n) is 4.16. The molecule has 0 aliphatic rings. The molecule has 5 heteroatoms. The number of amides is 1. The van der Waals surface area contributed by atoms with Gasteiger partial charge in [0.2, 0.25) is 5.91 Å². The van der Waals surface area contributed by atoms with Crippen LogP contribution in [0.25, 0.3) is 11.8 Å². The first kappa shape index (κ1) is 18.0. The number of rotatable bonds is 5. The molecule has 1 aromatic heterocycles. The van der Waals surface area contributed by atoms with Gasteiger partial charge in [-0.25, -0.2) is 4.68 Å². The molecule has 26 heavy (non-hydrogen) atoms. The molecule has 3 rings (SSSR count). The van der Waals surface area contributed by atoms with Crippen molar-refractivity contribution in [3.63, 3.8) is 0 Å². The van der Waals surface area contributed by atoms with Crippen molar-refractivity contribution in [3.8, 4) is 5.69 Å². The minimum Gasteiger partial charge on any atom is -0.348 e. The smallest absolute Gasteiger partial charge is 0.244 e. The Hall–Kier alpha value is -2.85. The number of nitrogens with one attached hydrogen (secondary N) is 1. The van der Waals surface area contributed by atoms with Gasteiger partial charge < -0.3 is 5.32 Å². The zero-order chi connectivity index (χ0) is 18.5. The van der Waals surface area contributed by atoms with Crippen LogP contribution in [-0.2, 0) is 11.3 Å². The Morgan fingerprint density at radius 1 is 1.15 bits per heavy atom. The number of nitrogens with zero attached hydrogens (tertiary/aromatic N) is 2. The van der Waals surface area contributed by atoms with Crippen LogP contribution in [0.5, 0.6) is 0 Å². The second kappa shape index (κ2) is 8.02. The Kier molecular flexibility index (Phi) is 5.54. The second-order valence-corrected chi connectivity index (χ2v) is 6.44. The van der Waals surface area contributed by atoms with Crippen LogP contribution in [0.4, 0.5) is 0 Å². The van der Waals surface area contributed by atoms with Gasteiger partial charge in [-0.05, 0) is 49.8 Å². The summed E-state index contributed by atoms with van der Waals surface area (Å²) in [6.07, 6.45) is 3.26. The van der Waals surface area contributed by atoms with Gasteiger partial charge in [-0.1, -0.05) is 41.9 Å². The van der Waals surface area contributed by atoms with Crippen molar-refractivity contribution < 1.29 is 4.79 Å². The fraction of sp³-hybridized carbons (Fsp3) is 0.143. The number of aromatic nitrogens is 2. The van der Waals surface area contributed by atoms with E-state index < -0.39 is 0 Å². The van der Waals surface area contributed by atoms with Crippen molar-refractivity contribution in [2.75, 3.05) is 0 Å². The highest BCUT2D eigenvalue weighted by atomic mass is 35.5. The summed E-state index contributed by atoms with van der Waals surface area (Å²) in [4.78, 5) is 12.1. The molecule has 0 aliphatic carbocycles. The molecule has 2 aromatic carbocycles. The van der Waals surface area contributed by atoms with Crippen LogP contribution in [0.2, 0.25) is 5.02 Å². The lowest BCUT2D eigenvalue weighted by molar-refractivity contribution is -0.116. The molecule has 1 heterocycles. The predicted octanol–water partition coefficient (Wildman–Crippen LogP) is 4.47. The highest BCUT2D eigenvalue weighted by Crippen LogP contribution is 2.17. The predicted molar refractivity (Wildman–Crippen MR) is 105 cm³/mol. The third kappa shape index (κ3) is 4.21. The van der Waals surface area contributed by atoms with E-state index in [1.165, 1.54) is 6.08 Å². The fourth-order valence-corrected chi connectivity index (χ4v) is 2.97. The van der Waals surface area contributed by atoms with Crippen LogP contribution in [0.15, 0.2) is 60.7 Å². The van der Waals surface area contributed by atoms with Crippen molar-refractivity contribution in [1.29, 1.82) is 0 Å². The molecule has 0 bridgehead atoms. The van der Waals surface area contributed by atoms with E-state index in [1.807, 2.05) is 67.1 Å². The van der Waals surface area contributed by atoms with Gasteiger partial charge in [0, 0.05) is 28.9 Å². The normalized spacial score (nSPS) is 11.0. The summed E-state index contributed by atoms with van der Waals surface area (Å²) in [6, 6.07) is 17.3. The number of para-hydroxylation sites is 1. The van der Waals surface area contributed by atoms with Crippen LogP contribution in [0.3, 0.4) is 0 Å². The molecule has 4 nitrogen and oxygen atoms in total. The number of benzene rings is 2. The fourth-order valence-electron chi connectivity index (χ4n) is 2.77. The SMILES string of the molecule is Cc1nn(-c2ccccc2)c(C)c1CNC(=O)/C=C/c1cccc(Cl)c1. The lowest BCUT2D eigenvalue weighted by Gasteiger charge is -2.06. The summed E-state index contributed by atoms with van der Waals surface area (Å²) >= 11 is 5.95. The monoisotopic (exact) mass is 365 g/mol. The molecule has 0 saturated heterocycles. The van der Waals surface area contributed by atoms with Crippen LogP contribution in [0, 0.1) is 13.8 Å².